The molecule has 0 saturated heterocycles. The zero-order valence-corrected chi connectivity index (χ0v) is 18.1. The number of aliphatic hydroxyl groups is 1. The van der Waals surface area contributed by atoms with Gasteiger partial charge in [-0.15, -0.1) is 11.8 Å². The standard InChI is InChI=1S/C22H35NO4S/c1-16(2)20-10-9-17(3)11-21(20)27-15-28-14-19(12-24)23-22(25)26-13-18-7-5-4-6-8-18/h4-8,16-17,19-21,24H,9-15H2,1-3H3,(H,23,25)/t17-,19-,20+,21-/m1/s1. The number of nitrogens with one attached hydrogen (secondary N) is 1. The molecule has 0 aromatic heterocycles. The van der Waals surface area contributed by atoms with E-state index in [-0.39, 0.29) is 19.3 Å². The predicted octanol–water partition coefficient (Wildman–Crippen LogP) is 4.44. The van der Waals surface area contributed by atoms with Crippen LogP contribution < -0.4 is 5.32 Å². The van der Waals surface area contributed by atoms with Crippen molar-refractivity contribution in [3.63, 3.8) is 0 Å². The Labute approximate surface area is 173 Å². The molecular formula is C22H35NO4S. The Morgan fingerprint density at radius 3 is 2.71 bits per heavy atom. The second kappa shape index (κ2) is 12.3. The monoisotopic (exact) mass is 409 g/mol. The van der Waals surface area contributed by atoms with E-state index in [9.17, 15) is 9.90 Å². The SMILES string of the molecule is CC(C)[C@@H]1CC[C@@H](C)C[C@H]1OCSC[C@@H](CO)NC(=O)OCc1ccccc1. The Bertz CT molecular complexity index is 569. The molecule has 0 bridgehead atoms. The molecule has 0 unspecified atom stereocenters. The van der Waals surface area contributed by atoms with Crippen LogP contribution in [0.5, 0.6) is 0 Å². The number of thioether (sulfide) groups is 1. The zero-order valence-electron chi connectivity index (χ0n) is 17.3. The van der Waals surface area contributed by atoms with Gasteiger partial charge in [0.15, 0.2) is 0 Å². The summed E-state index contributed by atoms with van der Waals surface area (Å²) >= 11 is 1.60. The van der Waals surface area contributed by atoms with Crippen LogP contribution in [-0.4, -0.2) is 41.6 Å². The Kier molecular flexibility index (Phi) is 10.2. The van der Waals surface area contributed by atoms with Crippen LogP contribution in [0.2, 0.25) is 0 Å². The maximum Gasteiger partial charge on any atom is 0.407 e. The normalized spacial score (nSPS) is 23.4. The third-order valence-electron chi connectivity index (χ3n) is 5.40. The Balaban J connectivity index is 1.66. The Morgan fingerprint density at radius 1 is 1.29 bits per heavy atom. The fourth-order valence-electron chi connectivity index (χ4n) is 3.70. The van der Waals surface area contributed by atoms with Gasteiger partial charge in [0, 0.05) is 5.75 Å². The smallest absolute Gasteiger partial charge is 0.407 e. The summed E-state index contributed by atoms with van der Waals surface area (Å²) in [4.78, 5) is 11.9. The number of rotatable bonds is 10. The van der Waals surface area contributed by atoms with Gasteiger partial charge in [-0.25, -0.2) is 4.79 Å². The van der Waals surface area contributed by atoms with Crippen molar-refractivity contribution in [2.24, 2.45) is 17.8 Å². The van der Waals surface area contributed by atoms with Gasteiger partial charge in [-0.1, -0.05) is 57.5 Å². The first kappa shape index (κ1) is 23.0. The number of ether oxygens (including phenoxy) is 2. The van der Waals surface area contributed by atoms with E-state index in [1.807, 2.05) is 30.3 Å². The number of carbonyl (C=O) groups excluding carboxylic acids is 1. The highest BCUT2D eigenvalue weighted by atomic mass is 32.2. The van der Waals surface area contributed by atoms with Gasteiger partial charge >= 0.3 is 6.09 Å². The molecule has 1 saturated carbocycles. The van der Waals surface area contributed by atoms with Gasteiger partial charge in [0.05, 0.1) is 24.7 Å². The lowest BCUT2D eigenvalue weighted by atomic mass is 9.75. The van der Waals surface area contributed by atoms with E-state index in [0.717, 1.165) is 17.9 Å². The summed E-state index contributed by atoms with van der Waals surface area (Å²) < 4.78 is 11.4. The Hall–Kier alpha value is -1.24. The van der Waals surface area contributed by atoms with E-state index in [0.29, 0.717) is 29.6 Å². The molecule has 4 atom stereocenters. The number of hydrogen-bond acceptors (Lipinski definition) is 5. The van der Waals surface area contributed by atoms with Crippen LogP contribution in [0, 0.1) is 17.8 Å². The van der Waals surface area contributed by atoms with Crippen molar-refractivity contribution in [3.05, 3.63) is 35.9 Å². The molecule has 1 amide bonds. The van der Waals surface area contributed by atoms with Crippen LogP contribution in [0.3, 0.4) is 0 Å². The molecule has 0 spiro atoms. The highest BCUT2D eigenvalue weighted by Crippen LogP contribution is 2.35. The van der Waals surface area contributed by atoms with Crippen molar-refractivity contribution in [3.8, 4) is 0 Å². The topological polar surface area (TPSA) is 67.8 Å². The number of aliphatic hydroxyl groups excluding tert-OH is 1. The molecule has 1 aromatic rings. The fraction of sp³-hybridized carbons (Fsp3) is 0.682. The number of alkyl carbamates (subject to hydrolysis) is 1. The summed E-state index contributed by atoms with van der Waals surface area (Å²) in [5.41, 5.74) is 0.933. The maximum absolute atomic E-state index is 11.9. The van der Waals surface area contributed by atoms with Gasteiger partial charge in [-0.3, -0.25) is 0 Å². The molecule has 0 heterocycles. The molecule has 1 fully saturated rings. The molecule has 1 aliphatic carbocycles. The number of hydrogen-bond donors (Lipinski definition) is 2. The van der Waals surface area contributed by atoms with Crippen molar-refractivity contribution in [1.29, 1.82) is 0 Å². The minimum Gasteiger partial charge on any atom is -0.445 e. The molecule has 2 N–H and O–H groups in total. The molecule has 2 rings (SSSR count). The average molecular weight is 410 g/mol. The van der Waals surface area contributed by atoms with E-state index in [1.165, 1.54) is 12.8 Å². The maximum atomic E-state index is 11.9. The minimum atomic E-state index is -0.509. The van der Waals surface area contributed by atoms with E-state index < -0.39 is 6.09 Å². The summed E-state index contributed by atoms with van der Waals surface area (Å²) in [7, 11) is 0. The number of amides is 1. The van der Waals surface area contributed by atoms with E-state index >= 15 is 0 Å². The summed E-state index contributed by atoms with van der Waals surface area (Å²) in [6.07, 6.45) is 3.45. The van der Waals surface area contributed by atoms with Crippen LogP contribution in [0.1, 0.15) is 45.6 Å². The van der Waals surface area contributed by atoms with Crippen LogP contribution in [0.25, 0.3) is 0 Å². The first-order chi connectivity index (χ1) is 13.5. The van der Waals surface area contributed by atoms with E-state index in [4.69, 9.17) is 9.47 Å². The molecule has 5 nitrogen and oxygen atoms in total. The molecule has 6 heteroatoms. The molecule has 1 aromatic carbocycles. The second-order valence-corrected chi connectivity index (χ2v) is 9.08. The van der Waals surface area contributed by atoms with Crippen molar-refractivity contribution < 1.29 is 19.4 Å². The fourth-order valence-corrected chi connectivity index (χ4v) is 4.54. The van der Waals surface area contributed by atoms with Crippen molar-refractivity contribution in [2.75, 3.05) is 18.3 Å². The number of carbonyl (C=O) groups is 1. The van der Waals surface area contributed by atoms with Crippen molar-refractivity contribution in [2.45, 2.75) is 58.8 Å². The van der Waals surface area contributed by atoms with Gasteiger partial charge < -0.3 is 19.9 Å². The van der Waals surface area contributed by atoms with Crippen LogP contribution in [-0.2, 0) is 16.1 Å². The lowest BCUT2D eigenvalue weighted by molar-refractivity contribution is -0.0171. The lowest BCUT2D eigenvalue weighted by Crippen LogP contribution is -2.40. The first-order valence-corrected chi connectivity index (χ1v) is 11.4. The minimum absolute atomic E-state index is 0.123. The summed E-state index contributed by atoms with van der Waals surface area (Å²) in [5, 5.41) is 12.3. The predicted molar refractivity (Wildman–Crippen MR) is 114 cm³/mol. The van der Waals surface area contributed by atoms with Crippen LogP contribution in [0.4, 0.5) is 4.79 Å². The summed E-state index contributed by atoms with van der Waals surface area (Å²) in [5.74, 6) is 3.14. The molecule has 28 heavy (non-hydrogen) atoms. The van der Waals surface area contributed by atoms with E-state index in [2.05, 4.69) is 26.1 Å². The molecule has 158 valence electrons. The summed E-state index contributed by atoms with van der Waals surface area (Å²) in [6.45, 7) is 6.95. The van der Waals surface area contributed by atoms with Crippen LogP contribution >= 0.6 is 11.8 Å². The summed E-state index contributed by atoms with van der Waals surface area (Å²) in [6, 6.07) is 9.19. The average Bonchev–Trinajstić information content (AvgIpc) is 2.69. The van der Waals surface area contributed by atoms with Gasteiger partial charge in [0.2, 0.25) is 0 Å². The largest absolute Gasteiger partial charge is 0.445 e. The van der Waals surface area contributed by atoms with Gasteiger partial charge in [0.1, 0.15) is 6.61 Å². The van der Waals surface area contributed by atoms with Crippen molar-refractivity contribution >= 4 is 17.9 Å². The third kappa shape index (κ3) is 8.02. The van der Waals surface area contributed by atoms with Gasteiger partial charge in [-0.05, 0) is 36.2 Å². The number of benzene rings is 1. The molecule has 0 radical (unpaired) electrons. The second-order valence-electron chi connectivity index (χ2n) is 8.11. The van der Waals surface area contributed by atoms with E-state index in [1.54, 1.807) is 11.8 Å². The van der Waals surface area contributed by atoms with Gasteiger partial charge in [0.25, 0.3) is 0 Å². The third-order valence-corrected chi connectivity index (χ3v) is 6.34. The Morgan fingerprint density at radius 2 is 2.04 bits per heavy atom. The zero-order chi connectivity index (χ0) is 20.4. The van der Waals surface area contributed by atoms with Crippen LogP contribution in [0.15, 0.2) is 30.3 Å². The quantitative estimate of drug-likeness (QED) is 0.442. The highest BCUT2D eigenvalue weighted by molar-refractivity contribution is 7.99. The van der Waals surface area contributed by atoms with Crippen molar-refractivity contribution in [1.82, 2.24) is 5.32 Å². The molecular weight excluding hydrogens is 374 g/mol. The molecule has 0 aliphatic heterocycles. The highest BCUT2D eigenvalue weighted by Gasteiger charge is 2.31. The molecule has 1 aliphatic rings. The van der Waals surface area contributed by atoms with Gasteiger partial charge in [-0.2, -0.15) is 0 Å². The lowest BCUT2D eigenvalue weighted by Gasteiger charge is -2.37. The first-order valence-electron chi connectivity index (χ1n) is 10.3.